The smallest absolute Gasteiger partial charge is 0.106 e. The van der Waals surface area contributed by atoms with Crippen LogP contribution in [0.15, 0.2) is 11.6 Å². The van der Waals surface area contributed by atoms with E-state index in [9.17, 15) is 0 Å². The monoisotopic (exact) mass is 182 g/mol. The van der Waals surface area contributed by atoms with Crippen molar-refractivity contribution in [3.05, 3.63) is 16.6 Å². The molecule has 0 radical (unpaired) electrons. The van der Waals surface area contributed by atoms with Crippen molar-refractivity contribution in [1.82, 2.24) is 10.3 Å². The van der Waals surface area contributed by atoms with Gasteiger partial charge in [-0.2, -0.15) is 0 Å². The number of rotatable bonds is 4. The highest BCUT2D eigenvalue weighted by Gasteiger charge is 2.27. The first kappa shape index (κ1) is 8.20. The van der Waals surface area contributed by atoms with Crippen molar-refractivity contribution in [1.29, 1.82) is 0 Å². The van der Waals surface area contributed by atoms with Crippen LogP contribution in [0.1, 0.15) is 24.8 Å². The minimum absolute atomic E-state index is 0.675. The van der Waals surface area contributed by atoms with E-state index in [0.29, 0.717) is 6.04 Å². The SMILES string of the molecule is CC(NCc1nccs1)C1CC1. The van der Waals surface area contributed by atoms with Gasteiger partial charge in [-0.15, -0.1) is 11.3 Å². The Morgan fingerprint density at radius 2 is 2.58 bits per heavy atom. The zero-order valence-electron chi connectivity index (χ0n) is 7.29. The fourth-order valence-corrected chi connectivity index (χ4v) is 1.92. The van der Waals surface area contributed by atoms with E-state index in [1.807, 2.05) is 11.6 Å². The molecule has 2 rings (SSSR count). The topological polar surface area (TPSA) is 24.9 Å². The lowest BCUT2D eigenvalue weighted by Gasteiger charge is -2.10. The molecule has 1 heterocycles. The largest absolute Gasteiger partial charge is 0.308 e. The summed E-state index contributed by atoms with van der Waals surface area (Å²) >= 11 is 1.72. The summed E-state index contributed by atoms with van der Waals surface area (Å²) in [7, 11) is 0. The Labute approximate surface area is 77.0 Å². The van der Waals surface area contributed by atoms with Crippen molar-refractivity contribution in [3.63, 3.8) is 0 Å². The third-order valence-corrected chi connectivity index (χ3v) is 3.17. The van der Waals surface area contributed by atoms with E-state index in [1.54, 1.807) is 11.3 Å². The molecule has 0 aromatic carbocycles. The Morgan fingerprint density at radius 1 is 1.75 bits per heavy atom. The molecule has 2 nitrogen and oxygen atoms in total. The van der Waals surface area contributed by atoms with Crippen molar-refractivity contribution >= 4 is 11.3 Å². The van der Waals surface area contributed by atoms with Gasteiger partial charge in [0, 0.05) is 24.2 Å². The van der Waals surface area contributed by atoms with Crippen molar-refractivity contribution in [3.8, 4) is 0 Å². The van der Waals surface area contributed by atoms with Gasteiger partial charge in [0.15, 0.2) is 0 Å². The summed E-state index contributed by atoms with van der Waals surface area (Å²) in [6.07, 6.45) is 4.68. The van der Waals surface area contributed by atoms with Crippen LogP contribution in [-0.2, 0) is 6.54 Å². The number of hydrogen-bond acceptors (Lipinski definition) is 3. The molecular weight excluding hydrogens is 168 g/mol. The molecule has 1 saturated carbocycles. The van der Waals surface area contributed by atoms with Gasteiger partial charge < -0.3 is 5.32 Å². The average Bonchev–Trinajstić information content (AvgIpc) is 2.80. The maximum absolute atomic E-state index is 4.22. The Balaban J connectivity index is 1.74. The Hall–Kier alpha value is -0.410. The van der Waals surface area contributed by atoms with Crippen molar-refractivity contribution < 1.29 is 0 Å². The van der Waals surface area contributed by atoms with E-state index in [1.165, 1.54) is 17.8 Å². The maximum Gasteiger partial charge on any atom is 0.106 e. The molecule has 1 aliphatic rings. The van der Waals surface area contributed by atoms with Gasteiger partial charge >= 0.3 is 0 Å². The van der Waals surface area contributed by atoms with Gasteiger partial charge in [0.2, 0.25) is 0 Å². The Morgan fingerprint density at radius 3 is 3.17 bits per heavy atom. The summed E-state index contributed by atoms with van der Waals surface area (Å²) in [6.45, 7) is 3.21. The molecule has 0 bridgehead atoms. The Bertz CT molecular complexity index is 229. The van der Waals surface area contributed by atoms with Gasteiger partial charge in [-0.25, -0.2) is 4.98 Å². The van der Waals surface area contributed by atoms with Crippen molar-refractivity contribution in [2.75, 3.05) is 0 Å². The molecule has 1 aliphatic carbocycles. The predicted molar refractivity (Wildman–Crippen MR) is 51.1 cm³/mol. The highest BCUT2D eigenvalue weighted by atomic mass is 32.1. The molecule has 1 N–H and O–H groups in total. The van der Waals surface area contributed by atoms with Crippen molar-refractivity contribution in [2.24, 2.45) is 5.92 Å². The highest BCUT2D eigenvalue weighted by Crippen LogP contribution is 2.32. The molecule has 1 fully saturated rings. The molecule has 12 heavy (non-hydrogen) atoms. The summed E-state index contributed by atoms with van der Waals surface area (Å²) in [5.74, 6) is 0.935. The molecule has 1 aromatic heterocycles. The van der Waals surface area contributed by atoms with E-state index in [-0.39, 0.29) is 0 Å². The van der Waals surface area contributed by atoms with Crippen LogP contribution in [0, 0.1) is 5.92 Å². The van der Waals surface area contributed by atoms with E-state index >= 15 is 0 Å². The fourth-order valence-electron chi connectivity index (χ4n) is 1.35. The third kappa shape index (κ3) is 2.05. The van der Waals surface area contributed by atoms with E-state index in [2.05, 4.69) is 17.2 Å². The normalized spacial score (nSPS) is 19.4. The summed E-state index contributed by atoms with van der Waals surface area (Å²) < 4.78 is 0. The lowest BCUT2D eigenvalue weighted by molar-refractivity contribution is 0.495. The van der Waals surface area contributed by atoms with Crippen molar-refractivity contribution in [2.45, 2.75) is 32.4 Å². The summed E-state index contributed by atoms with van der Waals surface area (Å²) in [5, 5.41) is 6.72. The van der Waals surface area contributed by atoms with Gasteiger partial charge in [0.1, 0.15) is 5.01 Å². The number of hydrogen-bond donors (Lipinski definition) is 1. The molecule has 1 atom stereocenters. The first-order valence-corrected chi connectivity index (χ1v) is 5.36. The highest BCUT2D eigenvalue weighted by molar-refractivity contribution is 7.09. The summed E-state index contributed by atoms with van der Waals surface area (Å²) in [4.78, 5) is 4.22. The number of nitrogens with zero attached hydrogens (tertiary/aromatic N) is 1. The van der Waals surface area contributed by atoms with Crippen LogP contribution in [-0.4, -0.2) is 11.0 Å². The first-order chi connectivity index (χ1) is 5.86. The van der Waals surface area contributed by atoms with E-state index < -0.39 is 0 Å². The number of aromatic nitrogens is 1. The third-order valence-electron chi connectivity index (χ3n) is 2.39. The molecule has 0 saturated heterocycles. The molecule has 66 valence electrons. The second-order valence-corrected chi connectivity index (χ2v) is 4.41. The molecule has 3 heteroatoms. The predicted octanol–water partition coefficient (Wildman–Crippen LogP) is 2.03. The average molecular weight is 182 g/mol. The van der Waals surface area contributed by atoms with Gasteiger partial charge in [-0.05, 0) is 25.7 Å². The second-order valence-electron chi connectivity index (χ2n) is 3.43. The molecule has 0 aliphatic heterocycles. The van der Waals surface area contributed by atoms with Gasteiger partial charge in [0.05, 0.1) is 0 Å². The lowest BCUT2D eigenvalue weighted by Crippen LogP contribution is -2.27. The quantitative estimate of drug-likeness (QED) is 0.770. The number of thiazole rings is 1. The summed E-state index contributed by atoms with van der Waals surface area (Å²) in [6, 6.07) is 0.675. The standard InChI is InChI=1S/C9H14N2S/c1-7(8-2-3-8)11-6-9-10-4-5-12-9/h4-5,7-8,11H,2-3,6H2,1H3. The van der Waals surface area contributed by atoms with Gasteiger partial charge in [-0.3, -0.25) is 0 Å². The summed E-state index contributed by atoms with van der Waals surface area (Å²) in [5.41, 5.74) is 0. The molecular formula is C9H14N2S. The van der Waals surface area contributed by atoms with Crippen LogP contribution in [0.5, 0.6) is 0 Å². The van der Waals surface area contributed by atoms with Crippen LogP contribution < -0.4 is 5.32 Å². The molecule has 1 aromatic rings. The van der Waals surface area contributed by atoms with E-state index in [4.69, 9.17) is 0 Å². The van der Waals surface area contributed by atoms with Gasteiger partial charge in [-0.1, -0.05) is 0 Å². The van der Waals surface area contributed by atoms with Crippen LogP contribution in [0.25, 0.3) is 0 Å². The number of nitrogens with one attached hydrogen (secondary N) is 1. The van der Waals surface area contributed by atoms with Crippen LogP contribution in [0.4, 0.5) is 0 Å². The Kier molecular flexibility index (Phi) is 2.42. The second kappa shape index (κ2) is 3.54. The lowest BCUT2D eigenvalue weighted by atomic mass is 10.2. The fraction of sp³-hybridized carbons (Fsp3) is 0.667. The van der Waals surface area contributed by atoms with Crippen LogP contribution >= 0.6 is 11.3 Å². The molecule has 0 amide bonds. The van der Waals surface area contributed by atoms with E-state index in [0.717, 1.165) is 12.5 Å². The minimum atomic E-state index is 0.675. The van der Waals surface area contributed by atoms with Gasteiger partial charge in [0.25, 0.3) is 0 Å². The van der Waals surface area contributed by atoms with Crippen LogP contribution in [0.3, 0.4) is 0 Å². The minimum Gasteiger partial charge on any atom is -0.308 e. The first-order valence-electron chi connectivity index (χ1n) is 4.48. The molecule has 0 spiro atoms. The zero-order chi connectivity index (χ0) is 8.39. The van der Waals surface area contributed by atoms with Crippen LogP contribution in [0.2, 0.25) is 0 Å². The maximum atomic E-state index is 4.22. The zero-order valence-corrected chi connectivity index (χ0v) is 8.10. The molecule has 1 unspecified atom stereocenters.